The quantitative estimate of drug-likeness (QED) is 0.380. The molecule has 1 N–H and O–H groups in total. The van der Waals surface area contributed by atoms with Crippen molar-refractivity contribution in [2.75, 3.05) is 5.88 Å². The van der Waals surface area contributed by atoms with E-state index in [-0.39, 0.29) is 17.9 Å². The summed E-state index contributed by atoms with van der Waals surface area (Å²) in [6.07, 6.45) is 0.539. The summed E-state index contributed by atoms with van der Waals surface area (Å²) in [6.45, 7) is -0.355. The molecule has 0 aliphatic rings. The van der Waals surface area contributed by atoms with Crippen LogP contribution in [0.4, 0.5) is 5.69 Å². The summed E-state index contributed by atoms with van der Waals surface area (Å²) in [4.78, 5) is 10.2. The van der Waals surface area contributed by atoms with Crippen LogP contribution in [0.3, 0.4) is 0 Å². The minimum Gasteiger partial charge on any atom is -0.391 e. The van der Waals surface area contributed by atoms with Crippen molar-refractivity contribution in [3.63, 3.8) is 0 Å². The molecule has 0 aliphatic heterocycles. The monoisotopic (exact) mass is 239 g/mol. The topological polar surface area (TPSA) is 63.4 Å². The molecule has 0 saturated carbocycles. The first-order valence-electron chi connectivity index (χ1n) is 4.62. The highest BCUT2D eigenvalue weighted by Crippen LogP contribution is 2.19. The molecule has 0 aromatic heterocycles. The second-order valence-electron chi connectivity index (χ2n) is 3.00. The van der Waals surface area contributed by atoms with Gasteiger partial charge in [0.2, 0.25) is 0 Å². The summed E-state index contributed by atoms with van der Waals surface area (Å²) in [7, 11) is 0. The third-order valence-electron chi connectivity index (χ3n) is 1.90. The zero-order valence-corrected chi connectivity index (χ0v) is 9.20. The van der Waals surface area contributed by atoms with E-state index in [1.165, 1.54) is 12.1 Å². The molecule has 0 atom stereocenters. The summed E-state index contributed by atoms with van der Waals surface area (Å²) >= 11 is 5.45. The second-order valence-corrected chi connectivity index (χ2v) is 3.38. The molecule has 0 fully saturated rings. The van der Waals surface area contributed by atoms with Crippen molar-refractivity contribution in [2.45, 2.75) is 13.0 Å². The van der Waals surface area contributed by atoms with Gasteiger partial charge in [0.15, 0.2) is 0 Å². The van der Waals surface area contributed by atoms with Gasteiger partial charge in [0.05, 0.1) is 17.1 Å². The minimum absolute atomic E-state index is 0.111. The first-order chi connectivity index (χ1) is 7.69. The number of alkyl halides is 1. The van der Waals surface area contributed by atoms with E-state index >= 15 is 0 Å². The van der Waals surface area contributed by atoms with Gasteiger partial charge in [0.25, 0.3) is 5.69 Å². The van der Waals surface area contributed by atoms with Gasteiger partial charge in [-0.05, 0) is 12.1 Å². The zero-order valence-electron chi connectivity index (χ0n) is 8.44. The van der Waals surface area contributed by atoms with Crippen molar-refractivity contribution in [1.82, 2.24) is 0 Å². The number of halogens is 1. The van der Waals surface area contributed by atoms with Crippen molar-refractivity contribution < 1.29 is 10.0 Å². The molecule has 0 amide bonds. The van der Waals surface area contributed by atoms with E-state index in [2.05, 4.69) is 11.8 Å². The van der Waals surface area contributed by atoms with Crippen molar-refractivity contribution in [1.29, 1.82) is 0 Å². The molecule has 0 radical (unpaired) electrons. The summed E-state index contributed by atoms with van der Waals surface area (Å²) in [5.41, 5.74) is 0.724. The Morgan fingerprint density at radius 3 is 2.81 bits per heavy atom. The Morgan fingerprint density at radius 1 is 1.50 bits per heavy atom. The van der Waals surface area contributed by atoms with E-state index in [1.807, 2.05) is 0 Å². The Bertz CT molecular complexity index is 448. The molecular weight excluding hydrogens is 230 g/mol. The predicted molar refractivity (Wildman–Crippen MR) is 61.2 cm³/mol. The fraction of sp³-hybridized carbons (Fsp3) is 0.273. The third-order valence-corrected chi connectivity index (χ3v) is 2.09. The normalized spacial score (nSPS) is 9.38. The molecule has 0 saturated heterocycles. The third kappa shape index (κ3) is 3.23. The maximum atomic E-state index is 10.7. The summed E-state index contributed by atoms with van der Waals surface area (Å²) in [5.74, 6) is 5.99. The number of nitro groups is 1. The predicted octanol–water partition coefficient (Wildman–Crippen LogP) is 2.07. The average Bonchev–Trinajstić information content (AvgIpc) is 2.29. The van der Waals surface area contributed by atoms with Crippen LogP contribution in [0.15, 0.2) is 18.2 Å². The van der Waals surface area contributed by atoms with Crippen molar-refractivity contribution in [3.8, 4) is 11.8 Å². The van der Waals surface area contributed by atoms with Crippen LogP contribution in [0, 0.1) is 22.0 Å². The number of aliphatic hydroxyl groups is 1. The molecule has 4 nitrogen and oxygen atoms in total. The first kappa shape index (κ1) is 12.5. The number of rotatable bonds is 3. The van der Waals surface area contributed by atoms with Gasteiger partial charge < -0.3 is 5.11 Å². The van der Waals surface area contributed by atoms with E-state index in [4.69, 9.17) is 16.7 Å². The molecule has 0 aliphatic carbocycles. The fourth-order valence-corrected chi connectivity index (χ4v) is 1.25. The molecular formula is C11H10ClNO3. The Hall–Kier alpha value is -1.57. The van der Waals surface area contributed by atoms with Gasteiger partial charge in [-0.25, -0.2) is 0 Å². The van der Waals surface area contributed by atoms with E-state index in [1.54, 1.807) is 6.07 Å². The number of benzene rings is 1. The number of nitrogens with zero attached hydrogens (tertiary/aromatic N) is 1. The molecule has 0 heterocycles. The molecule has 1 rings (SSSR count). The van der Waals surface area contributed by atoms with Gasteiger partial charge in [-0.15, -0.1) is 11.6 Å². The minimum atomic E-state index is -0.529. The highest BCUT2D eigenvalue weighted by Gasteiger charge is 2.12. The summed E-state index contributed by atoms with van der Waals surface area (Å²) in [6, 6.07) is 4.50. The molecule has 0 unspecified atom stereocenters. The van der Waals surface area contributed by atoms with E-state index in [9.17, 15) is 10.1 Å². The van der Waals surface area contributed by atoms with Crippen LogP contribution in [0.25, 0.3) is 0 Å². The standard InChI is InChI=1S/C11H10ClNO3/c12-6-2-1-3-9-4-5-10(8-14)11(7-9)13(15)16/h4-5,7,14H,2,6,8H2. The average molecular weight is 240 g/mol. The first-order valence-corrected chi connectivity index (χ1v) is 5.15. The van der Waals surface area contributed by atoms with Crippen LogP contribution in [-0.2, 0) is 6.61 Å². The lowest BCUT2D eigenvalue weighted by atomic mass is 10.1. The Kier molecular flexibility index (Phi) is 4.77. The zero-order chi connectivity index (χ0) is 12.0. The molecule has 1 aromatic rings. The molecule has 1 aromatic carbocycles. The van der Waals surface area contributed by atoms with Crippen LogP contribution >= 0.6 is 11.6 Å². The molecule has 16 heavy (non-hydrogen) atoms. The SMILES string of the molecule is O=[N+]([O-])c1cc(C#CCCCl)ccc1CO. The molecule has 84 valence electrons. The van der Waals surface area contributed by atoms with E-state index in [0.29, 0.717) is 17.9 Å². The van der Waals surface area contributed by atoms with Gasteiger partial charge >= 0.3 is 0 Å². The lowest BCUT2D eigenvalue weighted by molar-refractivity contribution is -0.385. The number of nitro benzene ring substituents is 1. The highest BCUT2D eigenvalue weighted by atomic mass is 35.5. The Labute approximate surface area is 98.0 Å². The maximum absolute atomic E-state index is 10.7. The second kappa shape index (κ2) is 6.11. The molecule has 0 bridgehead atoms. The van der Waals surface area contributed by atoms with Crippen LogP contribution in [0.1, 0.15) is 17.5 Å². The van der Waals surface area contributed by atoms with Gasteiger partial charge in [-0.3, -0.25) is 10.1 Å². The van der Waals surface area contributed by atoms with E-state index < -0.39 is 4.92 Å². The fourth-order valence-electron chi connectivity index (χ4n) is 1.16. The maximum Gasteiger partial charge on any atom is 0.276 e. The summed E-state index contributed by atoms with van der Waals surface area (Å²) in [5, 5.41) is 19.6. The van der Waals surface area contributed by atoms with Gasteiger partial charge in [-0.2, -0.15) is 0 Å². The Morgan fingerprint density at radius 2 is 2.25 bits per heavy atom. The lowest BCUT2D eigenvalue weighted by Gasteiger charge is -1.99. The van der Waals surface area contributed by atoms with Gasteiger partial charge in [0, 0.05) is 23.9 Å². The summed E-state index contributed by atoms with van der Waals surface area (Å²) < 4.78 is 0. The van der Waals surface area contributed by atoms with Gasteiger partial charge in [-0.1, -0.05) is 11.8 Å². The smallest absolute Gasteiger partial charge is 0.276 e. The van der Waals surface area contributed by atoms with Crippen LogP contribution in [0.5, 0.6) is 0 Å². The van der Waals surface area contributed by atoms with Crippen molar-refractivity contribution in [2.24, 2.45) is 0 Å². The van der Waals surface area contributed by atoms with E-state index in [0.717, 1.165) is 0 Å². The van der Waals surface area contributed by atoms with Crippen LogP contribution in [-0.4, -0.2) is 15.9 Å². The van der Waals surface area contributed by atoms with Crippen molar-refractivity contribution >= 4 is 17.3 Å². The van der Waals surface area contributed by atoms with Crippen LogP contribution < -0.4 is 0 Å². The molecule has 5 heteroatoms. The number of hydrogen-bond acceptors (Lipinski definition) is 3. The Balaban J connectivity index is 3.04. The van der Waals surface area contributed by atoms with Crippen molar-refractivity contribution in [3.05, 3.63) is 39.4 Å². The molecule has 0 spiro atoms. The van der Waals surface area contributed by atoms with Gasteiger partial charge in [0.1, 0.15) is 0 Å². The number of aliphatic hydroxyl groups excluding tert-OH is 1. The van der Waals surface area contributed by atoms with Crippen LogP contribution in [0.2, 0.25) is 0 Å². The number of hydrogen-bond donors (Lipinski definition) is 1. The lowest BCUT2D eigenvalue weighted by Crippen LogP contribution is -1.95. The highest BCUT2D eigenvalue weighted by molar-refractivity contribution is 6.18. The largest absolute Gasteiger partial charge is 0.391 e.